The Morgan fingerprint density at radius 2 is 2.26 bits per heavy atom. The number of rotatable bonds is 6. The van der Waals surface area contributed by atoms with Gasteiger partial charge in [-0.05, 0) is 25.5 Å². The molecule has 0 radical (unpaired) electrons. The van der Waals surface area contributed by atoms with Crippen LogP contribution in [0.5, 0.6) is 0 Å². The van der Waals surface area contributed by atoms with E-state index in [4.69, 9.17) is 4.74 Å². The first-order valence-corrected chi connectivity index (χ1v) is 7.95. The van der Waals surface area contributed by atoms with Gasteiger partial charge < -0.3 is 15.4 Å². The Bertz CT molecular complexity index is 396. The quantitative estimate of drug-likeness (QED) is 0.835. The molecule has 0 aliphatic carbocycles. The van der Waals surface area contributed by atoms with Crippen molar-refractivity contribution < 1.29 is 4.74 Å². The van der Waals surface area contributed by atoms with E-state index in [-0.39, 0.29) is 0 Å². The molecule has 0 spiro atoms. The molecule has 2 heterocycles. The predicted molar refractivity (Wildman–Crippen MR) is 80.9 cm³/mol. The molecule has 1 aromatic rings. The minimum Gasteiger partial charge on any atom is -0.374 e. The molecule has 6 heteroatoms. The van der Waals surface area contributed by atoms with E-state index in [1.54, 1.807) is 0 Å². The standard InChI is InChI=1S/C13H22N4OS/c1-3-18-8-13-16-11(14-2)7-12(17-13)15-10-5-4-6-19-9-10/h7,10H,3-6,8-9H2,1-2H3,(H2,14,15,16,17). The number of thioether (sulfide) groups is 1. The highest BCUT2D eigenvalue weighted by Gasteiger charge is 2.14. The number of anilines is 2. The summed E-state index contributed by atoms with van der Waals surface area (Å²) in [7, 11) is 1.87. The van der Waals surface area contributed by atoms with Gasteiger partial charge in [-0.15, -0.1) is 0 Å². The molecule has 2 rings (SSSR count). The highest BCUT2D eigenvalue weighted by atomic mass is 32.2. The molecule has 0 aromatic carbocycles. The monoisotopic (exact) mass is 282 g/mol. The first-order chi connectivity index (χ1) is 9.31. The van der Waals surface area contributed by atoms with E-state index in [2.05, 4.69) is 20.6 Å². The van der Waals surface area contributed by atoms with Gasteiger partial charge in [-0.1, -0.05) is 0 Å². The second-order valence-electron chi connectivity index (χ2n) is 4.50. The molecule has 1 fully saturated rings. The Balaban J connectivity index is 2.04. The van der Waals surface area contributed by atoms with Crippen molar-refractivity contribution in [3.63, 3.8) is 0 Å². The maximum absolute atomic E-state index is 5.38. The first-order valence-electron chi connectivity index (χ1n) is 6.79. The molecule has 0 saturated carbocycles. The number of hydrogen-bond donors (Lipinski definition) is 2. The maximum Gasteiger partial charge on any atom is 0.158 e. The fraction of sp³-hybridized carbons (Fsp3) is 0.692. The van der Waals surface area contributed by atoms with Crippen LogP contribution >= 0.6 is 11.8 Å². The lowest BCUT2D eigenvalue weighted by Crippen LogP contribution is -2.26. The van der Waals surface area contributed by atoms with Crippen molar-refractivity contribution in [1.29, 1.82) is 0 Å². The summed E-state index contributed by atoms with van der Waals surface area (Å²) < 4.78 is 5.38. The minimum absolute atomic E-state index is 0.458. The first kappa shape index (κ1) is 14.4. The van der Waals surface area contributed by atoms with Crippen molar-refractivity contribution in [3.05, 3.63) is 11.9 Å². The van der Waals surface area contributed by atoms with Gasteiger partial charge in [0.1, 0.15) is 18.2 Å². The molecule has 19 heavy (non-hydrogen) atoms. The van der Waals surface area contributed by atoms with Crippen molar-refractivity contribution in [3.8, 4) is 0 Å². The van der Waals surface area contributed by atoms with Crippen LogP contribution in [0.3, 0.4) is 0 Å². The average molecular weight is 282 g/mol. The zero-order valence-corrected chi connectivity index (χ0v) is 12.4. The zero-order valence-electron chi connectivity index (χ0n) is 11.6. The average Bonchev–Trinajstić information content (AvgIpc) is 2.46. The molecule has 5 nitrogen and oxygen atoms in total. The Hall–Kier alpha value is -1.01. The van der Waals surface area contributed by atoms with E-state index >= 15 is 0 Å². The highest BCUT2D eigenvalue weighted by Crippen LogP contribution is 2.21. The van der Waals surface area contributed by atoms with Gasteiger partial charge in [0.25, 0.3) is 0 Å². The summed E-state index contributed by atoms with van der Waals surface area (Å²) in [5.41, 5.74) is 0. The molecule has 1 aromatic heterocycles. The van der Waals surface area contributed by atoms with E-state index in [0.29, 0.717) is 19.3 Å². The summed E-state index contributed by atoms with van der Waals surface area (Å²) in [6, 6.07) is 2.47. The Kier molecular flexibility index (Phi) is 5.72. The van der Waals surface area contributed by atoms with Crippen LogP contribution in [-0.2, 0) is 11.3 Å². The lowest BCUT2D eigenvalue weighted by molar-refractivity contribution is 0.128. The number of ether oxygens (including phenoxy) is 1. The lowest BCUT2D eigenvalue weighted by atomic mass is 10.2. The Morgan fingerprint density at radius 3 is 2.95 bits per heavy atom. The Morgan fingerprint density at radius 1 is 1.42 bits per heavy atom. The van der Waals surface area contributed by atoms with E-state index in [9.17, 15) is 0 Å². The van der Waals surface area contributed by atoms with Crippen LogP contribution in [0.4, 0.5) is 11.6 Å². The van der Waals surface area contributed by atoms with Gasteiger partial charge in [0.05, 0.1) is 0 Å². The fourth-order valence-electron chi connectivity index (χ4n) is 2.02. The van der Waals surface area contributed by atoms with Gasteiger partial charge >= 0.3 is 0 Å². The molecule has 1 saturated heterocycles. The van der Waals surface area contributed by atoms with E-state index < -0.39 is 0 Å². The normalized spacial score (nSPS) is 19.2. The third kappa shape index (κ3) is 4.54. The van der Waals surface area contributed by atoms with Crippen molar-refractivity contribution in [1.82, 2.24) is 9.97 Å². The topological polar surface area (TPSA) is 59.1 Å². The summed E-state index contributed by atoms with van der Waals surface area (Å²) in [4.78, 5) is 8.91. The molecule has 0 bridgehead atoms. The molecule has 1 aliphatic rings. The van der Waals surface area contributed by atoms with Crippen LogP contribution in [-0.4, -0.2) is 41.2 Å². The molecular formula is C13H22N4OS. The smallest absolute Gasteiger partial charge is 0.158 e. The lowest BCUT2D eigenvalue weighted by Gasteiger charge is -2.23. The predicted octanol–water partition coefficient (Wildman–Crippen LogP) is 2.36. The Labute approximate surface area is 118 Å². The molecule has 1 aliphatic heterocycles. The molecule has 1 unspecified atom stereocenters. The number of aromatic nitrogens is 2. The second kappa shape index (κ2) is 7.55. The van der Waals surface area contributed by atoms with Crippen molar-refractivity contribution >= 4 is 23.4 Å². The van der Waals surface area contributed by atoms with Gasteiger partial charge in [0, 0.05) is 31.5 Å². The molecule has 0 amide bonds. The van der Waals surface area contributed by atoms with Crippen LogP contribution < -0.4 is 10.6 Å². The van der Waals surface area contributed by atoms with E-state index in [1.165, 1.54) is 18.6 Å². The van der Waals surface area contributed by atoms with Crippen LogP contribution in [0, 0.1) is 0 Å². The van der Waals surface area contributed by atoms with Crippen molar-refractivity contribution in [2.75, 3.05) is 35.8 Å². The zero-order chi connectivity index (χ0) is 13.5. The van der Waals surface area contributed by atoms with Crippen LogP contribution in [0.15, 0.2) is 6.07 Å². The van der Waals surface area contributed by atoms with E-state index in [1.807, 2.05) is 31.8 Å². The summed E-state index contributed by atoms with van der Waals surface area (Å²) in [6.07, 6.45) is 2.49. The van der Waals surface area contributed by atoms with Gasteiger partial charge in [-0.3, -0.25) is 0 Å². The van der Waals surface area contributed by atoms with Crippen molar-refractivity contribution in [2.24, 2.45) is 0 Å². The summed E-state index contributed by atoms with van der Waals surface area (Å²) in [6.45, 7) is 3.11. The molecule has 106 valence electrons. The molecule has 2 N–H and O–H groups in total. The largest absolute Gasteiger partial charge is 0.374 e. The van der Waals surface area contributed by atoms with Gasteiger partial charge in [0.15, 0.2) is 5.82 Å². The van der Waals surface area contributed by atoms with Crippen molar-refractivity contribution in [2.45, 2.75) is 32.4 Å². The number of nitrogens with zero attached hydrogens (tertiary/aromatic N) is 2. The second-order valence-corrected chi connectivity index (χ2v) is 5.65. The summed E-state index contributed by atoms with van der Waals surface area (Å²) in [5.74, 6) is 4.87. The minimum atomic E-state index is 0.458. The fourth-order valence-corrected chi connectivity index (χ4v) is 3.09. The highest BCUT2D eigenvalue weighted by molar-refractivity contribution is 7.99. The van der Waals surface area contributed by atoms with Gasteiger partial charge in [-0.25, -0.2) is 9.97 Å². The number of hydrogen-bond acceptors (Lipinski definition) is 6. The maximum atomic E-state index is 5.38. The molecule has 1 atom stereocenters. The molecular weight excluding hydrogens is 260 g/mol. The third-order valence-electron chi connectivity index (χ3n) is 2.98. The number of nitrogens with one attached hydrogen (secondary N) is 2. The van der Waals surface area contributed by atoms with Crippen LogP contribution in [0.1, 0.15) is 25.6 Å². The van der Waals surface area contributed by atoms with Gasteiger partial charge in [0.2, 0.25) is 0 Å². The van der Waals surface area contributed by atoms with Crippen LogP contribution in [0.2, 0.25) is 0 Å². The van der Waals surface area contributed by atoms with Crippen LogP contribution in [0.25, 0.3) is 0 Å². The third-order valence-corrected chi connectivity index (χ3v) is 4.19. The summed E-state index contributed by atoms with van der Waals surface area (Å²) in [5, 5.41) is 6.57. The van der Waals surface area contributed by atoms with E-state index in [0.717, 1.165) is 23.2 Å². The SMILES string of the molecule is CCOCc1nc(NC)cc(NC2CCCSC2)n1. The summed E-state index contributed by atoms with van der Waals surface area (Å²) >= 11 is 2.00. The van der Waals surface area contributed by atoms with Gasteiger partial charge in [-0.2, -0.15) is 11.8 Å².